The highest BCUT2D eigenvalue weighted by atomic mass is 31.2. The smallest absolute Gasteiger partial charge is 0.459 e. The van der Waals surface area contributed by atoms with Crippen LogP contribution in [0.15, 0.2) is 24.3 Å². The molecule has 5 rings (SSSR count). The molecule has 0 saturated heterocycles. The third-order valence-electron chi connectivity index (χ3n) is 12.8. The van der Waals surface area contributed by atoms with Crippen LogP contribution >= 0.6 is 7.75 Å². The number of aliphatic hydroxyl groups is 2. The summed E-state index contributed by atoms with van der Waals surface area (Å²) in [4.78, 5) is 12.5. The first kappa shape index (κ1) is 38.5. The maximum atomic E-state index is 14.7. The zero-order valence-corrected chi connectivity index (χ0v) is 30.3. The van der Waals surface area contributed by atoms with Crippen molar-refractivity contribution in [1.82, 2.24) is 5.09 Å². The molecule has 4 aliphatic carbocycles. The van der Waals surface area contributed by atoms with Gasteiger partial charge in [0, 0.05) is 0 Å². The minimum atomic E-state index is -4.56. The van der Waals surface area contributed by atoms with Gasteiger partial charge in [-0.1, -0.05) is 20.8 Å². The highest BCUT2D eigenvalue weighted by Gasteiger charge is 2.69. The number of rotatable bonds is 11. The van der Waals surface area contributed by atoms with Crippen molar-refractivity contribution in [2.45, 2.75) is 123 Å². The Morgan fingerprint density at radius 3 is 2.24 bits per heavy atom. The third-order valence-corrected chi connectivity index (χ3v) is 14.5. The number of esters is 1. The van der Waals surface area contributed by atoms with Crippen LogP contribution in [0, 0.1) is 58.1 Å². The first-order valence-electron chi connectivity index (χ1n) is 17.9. The normalized spacial score (nSPS) is 38.5. The van der Waals surface area contributed by atoms with Crippen LogP contribution in [0.2, 0.25) is 0 Å². The molecule has 1 aromatic carbocycles. The number of nitrogens with one attached hydrogen (secondary N) is 1. The van der Waals surface area contributed by atoms with E-state index in [1.165, 1.54) is 19.1 Å². The van der Waals surface area contributed by atoms with Crippen molar-refractivity contribution in [2.75, 3.05) is 6.61 Å². The van der Waals surface area contributed by atoms with Gasteiger partial charge in [0.15, 0.2) is 0 Å². The summed E-state index contributed by atoms with van der Waals surface area (Å²) < 4.78 is 88.3. The fraction of sp³-hybridized carbons (Fsp3) is 0.806. The zero-order valence-electron chi connectivity index (χ0n) is 29.4. The summed E-state index contributed by atoms with van der Waals surface area (Å²) in [6.45, 7) is 11.1. The molecule has 0 aliphatic heterocycles. The highest BCUT2D eigenvalue weighted by Crippen LogP contribution is 2.70. The van der Waals surface area contributed by atoms with Gasteiger partial charge in [0.1, 0.15) is 17.6 Å². The number of benzene rings is 1. The lowest BCUT2D eigenvalue weighted by atomic mass is 9.41. The molecule has 5 unspecified atom stereocenters. The standard InChI is InChI=1S/C36H54F4NO7P/c1-20(2)47-33(44)22(4)41-49(45,48-25-9-7-23(37)8-10-25)46-18-15-21(3)26-11-12-27-30-28(14-17-34(26,27)5)35(6)16-13-24(42)19-29(35)31(32(30)43)36(38,39)40/h7-10,20-22,24,26-32,42-43H,11-19H2,1-6H3,(H,41,45)/t21-,22+,24-,26-,27?,28?,29?,30?,31-,32?,34-,35-,49+/m1/s1. The third kappa shape index (κ3) is 7.74. The van der Waals surface area contributed by atoms with Gasteiger partial charge in [0.05, 0.1) is 30.8 Å². The fourth-order valence-corrected chi connectivity index (χ4v) is 12.1. The van der Waals surface area contributed by atoms with Crippen LogP contribution in [0.25, 0.3) is 0 Å². The van der Waals surface area contributed by atoms with E-state index in [9.17, 15) is 37.1 Å². The largest absolute Gasteiger partial charge is 0.462 e. The maximum Gasteiger partial charge on any atom is 0.459 e. The summed E-state index contributed by atoms with van der Waals surface area (Å²) in [7, 11) is -4.15. The van der Waals surface area contributed by atoms with E-state index in [1.807, 2.05) is 6.92 Å². The number of carbonyl (C=O) groups is 1. The predicted molar refractivity (Wildman–Crippen MR) is 176 cm³/mol. The van der Waals surface area contributed by atoms with Gasteiger partial charge in [0.2, 0.25) is 0 Å². The number of carbonyl (C=O) groups excluding carboxylic acids is 1. The van der Waals surface area contributed by atoms with Crippen LogP contribution in [0.1, 0.15) is 92.9 Å². The molecular formula is C36H54F4NO7P. The molecule has 4 aliphatic rings. The number of alkyl halides is 3. The molecule has 8 nitrogen and oxygen atoms in total. The lowest BCUT2D eigenvalue weighted by molar-refractivity contribution is -0.289. The van der Waals surface area contributed by atoms with E-state index in [-0.39, 0.29) is 47.9 Å². The Balaban J connectivity index is 1.30. The molecule has 1 aromatic rings. The van der Waals surface area contributed by atoms with Crippen LogP contribution in [0.4, 0.5) is 17.6 Å². The summed E-state index contributed by atoms with van der Waals surface area (Å²) in [6, 6.07) is 3.89. The Morgan fingerprint density at radius 1 is 0.980 bits per heavy atom. The minimum absolute atomic E-state index is 0.00272. The van der Waals surface area contributed by atoms with Crippen molar-refractivity contribution in [1.29, 1.82) is 0 Å². The molecule has 0 aromatic heterocycles. The second kappa shape index (κ2) is 14.4. The van der Waals surface area contributed by atoms with Gasteiger partial charge in [-0.15, -0.1) is 0 Å². The van der Waals surface area contributed by atoms with E-state index < -0.39 is 73.2 Å². The van der Waals surface area contributed by atoms with Gasteiger partial charge in [-0.25, -0.2) is 8.96 Å². The van der Waals surface area contributed by atoms with Gasteiger partial charge >= 0.3 is 19.9 Å². The Bertz CT molecular complexity index is 1360. The van der Waals surface area contributed by atoms with Crippen molar-refractivity contribution < 1.29 is 50.9 Å². The average Bonchev–Trinajstić information content (AvgIpc) is 3.35. The molecule has 0 spiro atoms. The van der Waals surface area contributed by atoms with Crippen molar-refractivity contribution in [3.8, 4) is 5.75 Å². The quantitative estimate of drug-likeness (QED) is 0.120. The average molecular weight is 720 g/mol. The lowest BCUT2D eigenvalue weighted by Crippen LogP contribution is -2.64. The molecule has 3 N–H and O–H groups in total. The zero-order chi connectivity index (χ0) is 36.1. The summed E-state index contributed by atoms with van der Waals surface area (Å²) in [6.07, 6.45) is -2.59. The Hall–Kier alpha value is -1.72. The molecule has 278 valence electrons. The second-order valence-corrected chi connectivity index (χ2v) is 17.8. The molecule has 49 heavy (non-hydrogen) atoms. The summed E-state index contributed by atoms with van der Waals surface area (Å²) in [5, 5.41) is 24.7. The molecular weight excluding hydrogens is 665 g/mol. The van der Waals surface area contributed by atoms with E-state index >= 15 is 0 Å². The van der Waals surface area contributed by atoms with Crippen molar-refractivity contribution >= 4 is 13.7 Å². The number of ether oxygens (including phenoxy) is 1. The van der Waals surface area contributed by atoms with Gasteiger partial charge in [-0.3, -0.25) is 9.32 Å². The molecule has 0 bridgehead atoms. The molecule has 4 saturated carbocycles. The molecule has 0 radical (unpaired) electrons. The predicted octanol–water partition coefficient (Wildman–Crippen LogP) is 8.06. The number of halogens is 4. The van der Waals surface area contributed by atoms with Crippen LogP contribution in [-0.4, -0.2) is 53.3 Å². The number of hydrogen-bond acceptors (Lipinski definition) is 7. The van der Waals surface area contributed by atoms with E-state index in [2.05, 4.69) is 18.9 Å². The van der Waals surface area contributed by atoms with Crippen molar-refractivity contribution in [3.63, 3.8) is 0 Å². The molecule has 13 atom stereocenters. The first-order chi connectivity index (χ1) is 22.8. The number of fused-ring (bicyclic) bond motifs is 5. The molecule has 4 fully saturated rings. The first-order valence-corrected chi connectivity index (χ1v) is 19.4. The Morgan fingerprint density at radius 2 is 1.61 bits per heavy atom. The molecule has 0 heterocycles. The topological polar surface area (TPSA) is 114 Å². The summed E-state index contributed by atoms with van der Waals surface area (Å²) in [5.74, 6) is -4.13. The molecule has 13 heteroatoms. The van der Waals surface area contributed by atoms with Gasteiger partial charge < -0.3 is 19.5 Å². The van der Waals surface area contributed by atoms with Gasteiger partial charge in [0.25, 0.3) is 0 Å². The van der Waals surface area contributed by atoms with E-state index in [0.717, 1.165) is 37.8 Å². The number of aliphatic hydroxyl groups excluding tert-OH is 2. The Kier molecular flexibility index (Phi) is 11.3. The summed E-state index contributed by atoms with van der Waals surface area (Å²) in [5.41, 5.74) is -0.892. The molecule has 0 amide bonds. The van der Waals surface area contributed by atoms with Gasteiger partial charge in [-0.2, -0.15) is 18.3 Å². The fourth-order valence-electron chi connectivity index (χ4n) is 10.6. The maximum absolute atomic E-state index is 14.7. The SMILES string of the molecule is CC(C)OC(=O)[C@H](C)N[P@](=O)(OCC[C@@H](C)[C@H]1CCC2C3C(O)[C@H](C(F)(F)F)C4C[C@H](O)CC[C@]4(C)C3CC[C@@]21C)Oc1ccc(F)cc1. The second-order valence-electron chi connectivity index (χ2n) is 16.1. The van der Waals surface area contributed by atoms with E-state index in [0.29, 0.717) is 19.3 Å². The van der Waals surface area contributed by atoms with E-state index in [1.54, 1.807) is 13.8 Å². The van der Waals surface area contributed by atoms with Crippen LogP contribution in [0.5, 0.6) is 5.75 Å². The Labute approximate surface area is 287 Å². The van der Waals surface area contributed by atoms with Gasteiger partial charge in [-0.05, 0) is 143 Å². The summed E-state index contributed by atoms with van der Waals surface area (Å²) >= 11 is 0. The van der Waals surface area contributed by atoms with Crippen LogP contribution in [-0.2, 0) is 18.6 Å². The van der Waals surface area contributed by atoms with E-state index in [4.69, 9.17) is 13.8 Å². The van der Waals surface area contributed by atoms with Crippen LogP contribution in [0.3, 0.4) is 0 Å². The number of hydrogen-bond donors (Lipinski definition) is 3. The highest BCUT2D eigenvalue weighted by molar-refractivity contribution is 7.52. The van der Waals surface area contributed by atoms with Crippen molar-refractivity contribution in [2.24, 2.45) is 52.3 Å². The minimum Gasteiger partial charge on any atom is -0.462 e. The lowest BCUT2D eigenvalue weighted by Gasteiger charge is -2.64. The van der Waals surface area contributed by atoms with Crippen LogP contribution < -0.4 is 9.61 Å². The van der Waals surface area contributed by atoms with Crippen molar-refractivity contribution in [3.05, 3.63) is 30.1 Å². The monoisotopic (exact) mass is 719 g/mol.